The first-order valence-electron chi connectivity index (χ1n) is 2.87. The van der Waals surface area contributed by atoms with Crippen LogP contribution >= 0.6 is 22.6 Å². The van der Waals surface area contributed by atoms with E-state index in [1.165, 1.54) is 0 Å². The Morgan fingerprint density at radius 3 is 2.89 bits per heavy atom. The Labute approximate surface area is 67.5 Å². The van der Waals surface area contributed by atoms with Crippen LogP contribution in [0.4, 0.5) is 0 Å². The van der Waals surface area contributed by atoms with Gasteiger partial charge in [0.15, 0.2) is 0 Å². The Kier molecular flexibility index (Phi) is 2.29. The summed E-state index contributed by atoms with van der Waals surface area (Å²) in [4.78, 5) is 10.7. The van der Waals surface area contributed by atoms with Gasteiger partial charge < -0.3 is 11.1 Å². The standard InChI is InChI=1S/C5H9IN2O/c6-3-1-4(7)5(9)8-2-3/h3-4H,1-2,7H2,(H,8,9). The molecule has 1 aliphatic rings. The van der Waals surface area contributed by atoms with Gasteiger partial charge in [0.25, 0.3) is 0 Å². The van der Waals surface area contributed by atoms with Gasteiger partial charge in [-0.15, -0.1) is 0 Å². The van der Waals surface area contributed by atoms with E-state index in [0.717, 1.165) is 13.0 Å². The van der Waals surface area contributed by atoms with Crippen LogP contribution in [-0.4, -0.2) is 22.4 Å². The van der Waals surface area contributed by atoms with Crippen LogP contribution in [0.25, 0.3) is 0 Å². The Balaban J connectivity index is 2.44. The third kappa shape index (κ3) is 1.79. The molecule has 0 saturated carbocycles. The van der Waals surface area contributed by atoms with E-state index in [1.54, 1.807) is 0 Å². The molecular formula is C5H9IN2O. The van der Waals surface area contributed by atoms with Gasteiger partial charge in [0.2, 0.25) is 5.91 Å². The van der Waals surface area contributed by atoms with E-state index in [1.807, 2.05) is 0 Å². The molecule has 1 fully saturated rings. The molecule has 0 aromatic carbocycles. The minimum atomic E-state index is -0.277. The normalized spacial score (nSPS) is 36.0. The summed E-state index contributed by atoms with van der Waals surface area (Å²) < 4.78 is 0.510. The van der Waals surface area contributed by atoms with E-state index in [0.29, 0.717) is 3.92 Å². The minimum Gasteiger partial charge on any atom is -0.354 e. The van der Waals surface area contributed by atoms with E-state index in [2.05, 4.69) is 27.9 Å². The molecule has 1 rings (SSSR count). The highest BCUT2D eigenvalue weighted by Gasteiger charge is 2.22. The number of carbonyl (C=O) groups is 1. The van der Waals surface area contributed by atoms with Crippen LogP contribution in [0.1, 0.15) is 6.42 Å². The number of alkyl halides is 1. The molecular weight excluding hydrogens is 231 g/mol. The lowest BCUT2D eigenvalue weighted by Gasteiger charge is -2.22. The SMILES string of the molecule is NC1CC(I)CNC1=O. The van der Waals surface area contributed by atoms with Crippen LogP contribution in [0.3, 0.4) is 0 Å². The van der Waals surface area contributed by atoms with E-state index in [-0.39, 0.29) is 11.9 Å². The predicted octanol–water partition coefficient (Wildman–Crippen LogP) is -0.363. The average molecular weight is 240 g/mol. The van der Waals surface area contributed by atoms with Gasteiger partial charge >= 0.3 is 0 Å². The molecule has 52 valence electrons. The minimum absolute atomic E-state index is 0.0112. The molecule has 0 spiro atoms. The lowest BCUT2D eigenvalue weighted by atomic mass is 10.1. The van der Waals surface area contributed by atoms with Crippen LogP contribution in [0, 0.1) is 0 Å². The van der Waals surface area contributed by atoms with Gasteiger partial charge in [-0.05, 0) is 6.42 Å². The Morgan fingerprint density at radius 1 is 1.78 bits per heavy atom. The van der Waals surface area contributed by atoms with Crippen molar-refractivity contribution < 1.29 is 4.79 Å². The first kappa shape index (κ1) is 7.27. The van der Waals surface area contributed by atoms with Crippen molar-refractivity contribution in [3.8, 4) is 0 Å². The molecule has 0 radical (unpaired) electrons. The second-order valence-corrected chi connectivity index (χ2v) is 3.95. The molecule has 1 heterocycles. The number of halogens is 1. The highest BCUT2D eigenvalue weighted by Crippen LogP contribution is 2.10. The molecule has 0 aromatic heterocycles. The molecule has 4 heteroatoms. The smallest absolute Gasteiger partial charge is 0.236 e. The number of hydrogen-bond acceptors (Lipinski definition) is 2. The summed E-state index contributed by atoms with van der Waals surface area (Å²) in [5, 5.41) is 2.71. The molecule has 2 atom stereocenters. The van der Waals surface area contributed by atoms with E-state index in [4.69, 9.17) is 5.73 Å². The van der Waals surface area contributed by atoms with E-state index < -0.39 is 0 Å². The molecule has 0 aromatic rings. The maximum absolute atomic E-state index is 10.7. The number of nitrogens with one attached hydrogen (secondary N) is 1. The summed E-state index contributed by atoms with van der Waals surface area (Å²) >= 11 is 2.29. The molecule has 0 bridgehead atoms. The van der Waals surface area contributed by atoms with Crippen LogP contribution in [0.15, 0.2) is 0 Å². The second kappa shape index (κ2) is 2.83. The van der Waals surface area contributed by atoms with Crippen molar-refractivity contribution in [3.05, 3.63) is 0 Å². The van der Waals surface area contributed by atoms with Crippen molar-refractivity contribution >= 4 is 28.5 Å². The topological polar surface area (TPSA) is 55.1 Å². The zero-order chi connectivity index (χ0) is 6.85. The number of nitrogens with two attached hydrogens (primary N) is 1. The molecule has 2 unspecified atom stereocenters. The fraction of sp³-hybridized carbons (Fsp3) is 0.800. The summed E-state index contributed by atoms with van der Waals surface area (Å²) in [6.45, 7) is 0.771. The van der Waals surface area contributed by atoms with E-state index >= 15 is 0 Å². The number of rotatable bonds is 0. The van der Waals surface area contributed by atoms with Crippen molar-refractivity contribution in [2.45, 2.75) is 16.4 Å². The summed E-state index contributed by atoms with van der Waals surface area (Å²) in [6.07, 6.45) is 0.812. The van der Waals surface area contributed by atoms with Crippen molar-refractivity contribution in [1.29, 1.82) is 0 Å². The Bertz CT molecular complexity index is 128. The molecule has 0 aliphatic carbocycles. The Morgan fingerprint density at radius 2 is 2.44 bits per heavy atom. The third-order valence-corrected chi connectivity index (χ3v) is 2.29. The average Bonchev–Trinajstić information content (AvgIpc) is 1.80. The molecule has 3 nitrogen and oxygen atoms in total. The number of carbonyl (C=O) groups excluding carboxylic acids is 1. The fourth-order valence-corrected chi connectivity index (χ4v) is 1.58. The first-order valence-corrected chi connectivity index (χ1v) is 4.12. The lowest BCUT2D eigenvalue weighted by molar-refractivity contribution is -0.123. The molecule has 1 saturated heterocycles. The molecule has 1 amide bonds. The van der Waals surface area contributed by atoms with E-state index in [9.17, 15) is 4.79 Å². The highest BCUT2D eigenvalue weighted by atomic mass is 127. The zero-order valence-corrected chi connectivity index (χ0v) is 7.09. The van der Waals surface area contributed by atoms with Crippen molar-refractivity contribution in [1.82, 2.24) is 5.32 Å². The van der Waals surface area contributed by atoms with Gasteiger partial charge in [-0.1, -0.05) is 22.6 Å². The van der Waals surface area contributed by atoms with Crippen LogP contribution in [0.5, 0.6) is 0 Å². The van der Waals surface area contributed by atoms with Crippen molar-refractivity contribution in [2.75, 3.05) is 6.54 Å². The lowest BCUT2D eigenvalue weighted by Crippen LogP contribution is -2.49. The molecule has 3 N–H and O–H groups in total. The summed E-state index contributed by atoms with van der Waals surface area (Å²) in [5.74, 6) is -0.0112. The molecule has 9 heavy (non-hydrogen) atoms. The summed E-state index contributed by atoms with van der Waals surface area (Å²) in [6, 6.07) is -0.277. The highest BCUT2D eigenvalue weighted by molar-refractivity contribution is 14.1. The third-order valence-electron chi connectivity index (χ3n) is 1.34. The van der Waals surface area contributed by atoms with Crippen LogP contribution in [-0.2, 0) is 4.79 Å². The largest absolute Gasteiger partial charge is 0.354 e. The maximum atomic E-state index is 10.7. The quantitative estimate of drug-likeness (QED) is 0.448. The second-order valence-electron chi connectivity index (χ2n) is 2.18. The molecule has 1 aliphatic heterocycles. The number of piperidine rings is 1. The Hall–Kier alpha value is 0.160. The van der Waals surface area contributed by atoms with Gasteiger partial charge in [-0.3, -0.25) is 4.79 Å². The summed E-state index contributed by atoms with van der Waals surface area (Å²) in [7, 11) is 0. The zero-order valence-electron chi connectivity index (χ0n) is 4.93. The van der Waals surface area contributed by atoms with Crippen molar-refractivity contribution in [3.63, 3.8) is 0 Å². The van der Waals surface area contributed by atoms with Crippen LogP contribution in [0.2, 0.25) is 0 Å². The maximum Gasteiger partial charge on any atom is 0.236 e. The van der Waals surface area contributed by atoms with Gasteiger partial charge in [-0.25, -0.2) is 0 Å². The fourth-order valence-electron chi connectivity index (χ4n) is 0.808. The monoisotopic (exact) mass is 240 g/mol. The summed E-state index contributed by atoms with van der Waals surface area (Å²) in [5.41, 5.74) is 5.45. The van der Waals surface area contributed by atoms with Gasteiger partial charge in [0.05, 0.1) is 6.04 Å². The number of amides is 1. The van der Waals surface area contributed by atoms with Crippen LogP contribution < -0.4 is 11.1 Å². The number of hydrogen-bond donors (Lipinski definition) is 2. The van der Waals surface area contributed by atoms with Crippen molar-refractivity contribution in [2.24, 2.45) is 5.73 Å². The predicted molar refractivity (Wildman–Crippen MR) is 43.4 cm³/mol. The van der Waals surface area contributed by atoms with Gasteiger partial charge in [0.1, 0.15) is 0 Å². The van der Waals surface area contributed by atoms with Gasteiger partial charge in [0, 0.05) is 10.5 Å². The first-order chi connectivity index (χ1) is 4.20. The van der Waals surface area contributed by atoms with Gasteiger partial charge in [-0.2, -0.15) is 0 Å².